The average molecular weight is 518 g/mol. The zero-order chi connectivity index (χ0) is 20.6. The summed E-state index contributed by atoms with van der Waals surface area (Å²) in [4.78, 5) is 12.4. The van der Waals surface area contributed by atoms with E-state index in [9.17, 15) is 18.0 Å². The zero-order valence-electron chi connectivity index (χ0n) is 15.1. The monoisotopic (exact) mass is 516 g/mol. The first kappa shape index (κ1) is 21.1. The minimum atomic E-state index is -0.867. The number of esters is 1. The van der Waals surface area contributed by atoms with Gasteiger partial charge in [0, 0.05) is 5.56 Å². The van der Waals surface area contributed by atoms with E-state index < -0.39 is 35.9 Å². The van der Waals surface area contributed by atoms with Gasteiger partial charge in [-0.05, 0) is 73.0 Å². The van der Waals surface area contributed by atoms with Crippen molar-refractivity contribution in [2.45, 2.75) is 20.5 Å². The first-order chi connectivity index (χ1) is 13.1. The molecule has 0 radical (unpaired) electrons. The van der Waals surface area contributed by atoms with Gasteiger partial charge in [-0.1, -0.05) is 32.1 Å². The molecule has 2 atom stereocenters. The first-order valence-corrected chi connectivity index (χ1v) is 10.1. The Bertz CT molecular complexity index is 953. The van der Waals surface area contributed by atoms with Gasteiger partial charge in [-0.2, -0.15) is 0 Å². The fourth-order valence-electron chi connectivity index (χ4n) is 3.42. The Morgan fingerprint density at radius 3 is 2.54 bits per heavy atom. The van der Waals surface area contributed by atoms with Gasteiger partial charge in [-0.25, -0.2) is 13.2 Å². The minimum absolute atomic E-state index is 0.0397. The normalized spacial score (nSPS) is 19.8. The number of carbonyl (C=O) groups is 1. The van der Waals surface area contributed by atoms with Crippen LogP contribution in [0.4, 0.5) is 13.2 Å². The molecule has 0 amide bonds. The van der Waals surface area contributed by atoms with Crippen LogP contribution in [-0.4, -0.2) is 5.97 Å². The van der Waals surface area contributed by atoms with Crippen LogP contribution in [0, 0.1) is 34.7 Å². The standard InChI is InChI=1S/C21H17Br2F3O2/c1-21(2)15(9-17(22)23)18(21)20(27)28-10-14-16(25)7-6-13(19(14)26)11-4-3-5-12(24)8-11/h3-9,15,18H,10H2,1-2H3. The summed E-state index contributed by atoms with van der Waals surface area (Å²) in [5, 5.41) is 0. The number of carbonyl (C=O) groups excluding carboxylic acids is 1. The summed E-state index contributed by atoms with van der Waals surface area (Å²) >= 11 is 6.55. The largest absolute Gasteiger partial charge is 0.460 e. The van der Waals surface area contributed by atoms with E-state index in [0.29, 0.717) is 0 Å². The molecule has 0 N–H and O–H groups in total. The molecule has 1 fully saturated rings. The van der Waals surface area contributed by atoms with Crippen LogP contribution in [0.2, 0.25) is 0 Å². The molecule has 2 aromatic rings. The molecule has 28 heavy (non-hydrogen) atoms. The van der Waals surface area contributed by atoms with Crippen molar-refractivity contribution in [1.82, 2.24) is 0 Å². The maximum absolute atomic E-state index is 14.8. The van der Waals surface area contributed by atoms with E-state index >= 15 is 0 Å². The molecule has 1 aliphatic carbocycles. The number of allylic oxidation sites excluding steroid dienone is 1. The van der Waals surface area contributed by atoms with Crippen LogP contribution < -0.4 is 0 Å². The lowest BCUT2D eigenvalue weighted by Gasteiger charge is -2.11. The molecule has 0 spiro atoms. The van der Waals surface area contributed by atoms with Gasteiger partial charge in [0.05, 0.1) is 14.9 Å². The van der Waals surface area contributed by atoms with E-state index in [2.05, 4.69) is 31.9 Å². The Hall–Kier alpha value is -1.60. The van der Waals surface area contributed by atoms with E-state index in [1.54, 1.807) is 0 Å². The predicted molar refractivity (Wildman–Crippen MR) is 108 cm³/mol. The Kier molecular flexibility index (Phi) is 6.05. The lowest BCUT2D eigenvalue weighted by molar-refractivity contribution is -0.147. The molecular weight excluding hydrogens is 501 g/mol. The molecule has 0 heterocycles. The second-order valence-corrected chi connectivity index (χ2v) is 10.1. The van der Waals surface area contributed by atoms with Gasteiger partial charge in [0.25, 0.3) is 0 Å². The number of benzene rings is 2. The third-order valence-electron chi connectivity index (χ3n) is 5.15. The lowest BCUT2D eigenvalue weighted by Crippen LogP contribution is -2.12. The average Bonchev–Trinajstić information content (AvgIpc) is 3.14. The Morgan fingerprint density at radius 1 is 1.18 bits per heavy atom. The van der Waals surface area contributed by atoms with Gasteiger partial charge < -0.3 is 4.74 Å². The topological polar surface area (TPSA) is 26.3 Å². The molecule has 3 rings (SSSR count). The molecule has 2 unspecified atom stereocenters. The highest BCUT2D eigenvalue weighted by Gasteiger charge is 2.61. The first-order valence-electron chi connectivity index (χ1n) is 8.55. The van der Waals surface area contributed by atoms with Crippen molar-refractivity contribution in [3.8, 4) is 11.1 Å². The molecule has 2 nitrogen and oxygen atoms in total. The van der Waals surface area contributed by atoms with Crippen LogP contribution in [0.15, 0.2) is 45.9 Å². The van der Waals surface area contributed by atoms with Crippen molar-refractivity contribution >= 4 is 37.8 Å². The molecule has 2 aromatic carbocycles. The van der Waals surface area contributed by atoms with Crippen molar-refractivity contribution in [3.63, 3.8) is 0 Å². The Balaban J connectivity index is 1.79. The SMILES string of the molecule is CC1(C)C(C=C(Br)Br)C1C(=O)OCc1c(F)ccc(-c2cccc(F)c2)c1F. The molecule has 0 bridgehead atoms. The van der Waals surface area contributed by atoms with Gasteiger partial charge in [0.2, 0.25) is 0 Å². The summed E-state index contributed by atoms with van der Waals surface area (Å²) in [5.74, 6) is -3.16. The fourth-order valence-corrected chi connectivity index (χ4v) is 3.99. The summed E-state index contributed by atoms with van der Waals surface area (Å²) in [6, 6.07) is 7.69. The smallest absolute Gasteiger partial charge is 0.310 e. The van der Waals surface area contributed by atoms with Crippen molar-refractivity contribution in [2.24, 2.45) is 17.3 Å². The minimum Gasteiger partial charge on any atom is -0.460 e. The Morgan fingerprint density at radius 2 is 1.89 bits per heavy atom. The van der Waals surface area contributed by atoms with Crippen molar-refractivity contribution in [3.05, 3.63) is 68.9 Å². The third kappa shape index (κ3) is 4.20. The highest BCUT2D eigenvalue weighted by atomic mass is 79.9. The maximum Gasteiger partial charge on any atom is 0.310 e. The summed E-state index contributed by atoms with van der Waals surface area (Å²) < 4.78 is 48.4. The van der Waals surface area contributed by atoms with Gasteiger partial charge in [-0.3, -0.25) is 4.79 Å². The van der Waals surface area contributed by atoms with E-state index in [4.69, 9.17) is 4.74 Å². The molecule has 1 saturated carbocycles. The van der Waals surface area contributed by atoms with Crippen LogP contribution >= 0.6 is 31.9 Å². The molecule has 0 aromatic heterocycles. The highest BCUT2D eigenvalue weighted by Crippen LogP contribution is 2.60. The van der Waals surface area contributed by atoms with E-state index in [1.807, 2.05) is 19.9 Å². The van der Waals surface area contributed by atoms with Gasteiger partial charge in [-0.15, -0.1) is 0 Å². The van der Waals surface area contributed by atoms with Gasteiger partial charge in [0.1, 0.15) is 24.1 Å². The predicted octanol–water partition coefficient (Wildman–Crippen LogP) is 6.72. The maximum atomic E-state index is 14.8. The molecule has 0 aliphatic heterocycles. The number of hydrogen-bond donors (Lipinski definition) is 0. The molecule has 148 valence electrons. The second kappa shape index (κ2) is 8.03. The van der Waals surface area contributed by atoms with E-state index in [-0.39, 0.29) is 28.0 Å². The van der Waals surface area contributed by atoms with E-state index in [0.717, 1.165) is 15.5 Å². The van der Waals surface area contributed by atoms with Crippen LogP contribution in [0.1, 0.15) is 19.4 Å². The lowest BCUT2D eigenvalue weighted by atomic mass is 10.0. The zero-order valence-corrected chi connectivity index (χ0v) is 18.3. The molecular formula is C21H17Br2F3O2. The highest BCUT2D eigenvalue weighted by molar-refractivity contribution is 9.28. The fraction of sp³-hybridized carbons (Fsp3) is 0.286. The van der Waals surface area contributed by atoms with Crippen LogP contribution in [-0.2, 0) is 16.1 Å². The quantitative estimate of drug-likeness (QED) is 0.411. The molecule has 0 saturated heterocycles. The van der Waals surface area contributed by atoms with Crippen molar-refractivity contribution in [1.29, 1.82) is 0 Å². The number of rotatable bonds is 5. The molecule has 1 aliphatic rings. The van der Waals surface area contributed by atoms with Crippen molar-refractivity contribution < 1.29 is 22.7 Å². The molecule has 7 heteroatoms. The summed E-state index contributed by atoms with van der Waals surface area (Å²) in [6.07, 6.45) is 1.86. The van der Waals surface area contributed by atoms with Crippen LogP contribution in [0.5, 0.6) is 0 Å². The summed E-state index contributed by atoms with van der Waals surface area (Å²) in [6.45, 7) is 3.32. The van der Waals surface area contributed by atoms with Gasteiger partial charge >= 0.3 is 5.97 Å². The number of hydrogen-bond acceptors (Lipinski definition) is 2. The number of ether oxygens (including phenoxy) is 1. The Labute approximate surface area is 178 Å². The van der Waals surface area contributed by atoms with Gasteiger partial charge in [0.15, 0.2) is 0 Å². The second-order valence-electron chi connectivity index (χ2n) is 7.29. The van der Waals surface area contributed by atoms with Crippen molar-refractivity contribution in [2.75, 3.05) is 0 Å². The summed E-state index contributed by atoms with van der Waals surface area (Å²) in [7, 11) is 0. The number of halogens is 5. The van der Waals surface area contributed by atoms with Crippen LogP contribution in [0.25, 0.3) is 11.1 Å². The van der Waals surface area contributed by atoms with Crippen LogP contribution in [0.3, 0.4) is 0 Å². The third-order valence-corrected chi connectivity index (χ3v) is 5.68. The summed E-state index contributed by atoms with van der Waals surface area (Å²) in [5.41, 5.74) is -0.337. The van der Waals surface area contributed by atoms with E-state index in [1.165, 1.54) is 24.3 Å².